The fourth-order valence-corrected chi connectivity index (χ4v) is 4.63. The van der Waals surface area contributed by atoms with Crippen molar-refractivity contribution in [3.8, 4) is 0 Å². The summed E-state index contributed by atoms with van der Waals surface area (Å²) in [6.07, 6.45) is 8.74. The van der Waals surface area contributed by atoms with Gasteiger partial charge in [-0.25, -0.2) is 19.7 Å². The minimum Gasteiger partial charge on any atom is -0.480 e. The fraction of sp³-hybridized carbons (Fsp3) is 0.577. The standard InChI is InChI=1S/C26H38N8O3/c1-3-37-16-15-34(13-5-4-8-20-10-9-19-7-6-12-27-23(19)31-20)14-11-22(26(35)36)32-24-21-17-30-33(2)25(21)29-18-28-24/h9-10,17-18,22H,3-8,11-16H2,1-2H3,(H,27,31)(H,35,36)(H,28,29,32). The summed E-state index contributed by atoms with van der Waals surface area (Å²) in [6.45, 7) is 6.55. The van der Waals surface area contributed by atoms with Gasteiger partial charge in [0.25, 0.3) is 0 Å². The largest absolute Gasteiger partial charge is 0.480 e. The van der Waals surface area contributed by atoms with E-state index in [-0.39, 0.29) is 0 Å². The molecular weight excluding hydrogens is 472 g/mol. The predicted octanol–water partition coefficient (Wildman–Crippen LogP) is 2.73. The number of rotatable bonds is 15. The molecule has 11 heteroatoms. The van der Waals surface area contributed by atoms with Crippen molar-refractivity contribution >= 4 is 28.6 Å². The zero-order chi connectivity index (χ0) is 26.0. The number of anilines is 2. The fourth-order valence-electron chi connectivity index (χ4n) is 4.63. The van der Waals surface area contributed by atoms with Crippen molar-refractivity contribution in [1.82, 2.24) is 29.6 Å². The van der Waals surface area contributed by atoms with Crippen LogP contribution >= 0.6 is 0 Å². The molecule has 0 fully saturated rings. The second-order valence-corrected chi connectivity index (χ2v) is 9.39. The topological polar surface area (TPSA) is 130 Å². The van der Waals surface area contributed by atoms with Gasteiger partial charge in [-0.15, -0.1) is 0 Å². The molecule has 0 bridgehead atoms. The van der Waals surface area contributed by atoms with Crippen LogP contribution in [0.2, 0.25) is 0 Å². The summed E-state index contributed by atoms with van der Waals surface area (Å²) >= 11 is 0. The molecule has 3 N–H and O–H groups in total. The molecule has 3 aromatic rings. The molecule has 0 radical (unpaired) electrons. The van der Waals surface area contributed by atoms with Gasteiger partial charge >= 0.3 is 5.97 Å². The second-order valence-electron chi connectivity index (χ2n) is 9.39. The third kappa shape index (κ3) is 7.36. The predicted molar refractivity (Wildman–Crippen MR) is 143 cm³/mol. The Morgan fingerprint density at radius 1 is 1.27 bits per heavy atom. The summed E-state index contributed by atoms with van der Waals surface area (Å²) in [5.41, 5.74) is 3.09. The molecule has 1 unspecified atom stereocenters. The van der Waals surface area contributed by atoms with Gasteiger partial charge in [0.1, 0.15) is 24.0 Å². The summed E-state index contributed by atoms with van der Waals surface area (Å²) < 4.78 is 7.22. The lowest BCUT2D eigenvalue weighted by Gasteiger charge is -2.24. The third-order valence-corrected chi connectivity index (χ3v) is 6.74. The highest BCUT2D eigenvalue weighted by atomic mass is 16.5. The molecule has 0 saturated heterocycles. The van der Waals surface area contributed by atoms with Crippen molar-refractivity contribution in [2.75, 3.05) is 50.0 Å². The lowest BCUT2D eigenvalue weighted by molar-refractivity contribution is -0.138. The Kier molecular flexibility index (Phi) is 9.61. The first kappa shape index (κ1) is 26.7. The lowest BCUT2D eigenvalue weighted by Crippen LogP contribution is -2.37. The Morgan fingerprint density at radius 3 is 3.00 bits per heavy atom. The van der Waals surface area contributed by atoms with Gasteiger partial charge in [0.15, 0.2) is 5.65 Å². The Labute approximate surface area is 217 Å². The highest BCUT2D eigenvalue weighted by molar-refractivity contribution is 5.88. The van der Waals surface area contributed by atoms with Gasteiger partial charge in [-0.2, -0.15) is 5.10 Å². The normalized spacial score (nSPS) is 13.9. The van der Waals surface area contributed by atoms with E-state index in [9.17, 15) is 9.90 Å². The molecule has 0 aromatic carbocycles. The SMILES string of the molecule is CCOCCN(CCCCc1ccc2c(n1)NCCC2)CCC(Nc1ncnc2c1cnn2C)C(=O)O. The van der Waals surface area contributed by atoms with Crippen LogP contribution in [0, 0.1) is 0 Å². The van der Waals surface area contributed by atoms with Gasteiger partial charge in [0.2, 0.25) is 0 Å². The number of nitrogens with zero attached hydrogens (tertiary/aromatic N) is 6. The molecule has 4 rings (SSSR count). The molecular formula is C26H38N8O3. The number of hydrogen-bond donors (Lipinski definition) is 3. The summed E-state index contributed by atoms with van der Waals surface area (Å²) in [6, 6.07) is 3.57. The van der Waals surface area contributed by atoms with Crippen molar-refractivity contribution in [2.45, 2.75) is 51.5 Å². The first-order valence-electron chi connectivity index (χ1n) is 13.2. The van der Waals surface area contributed by atoms with Crippen molar-refractivity contribution in [3.05, 3.63) is 35.9 Å². The number of aromatic nitrogens is 5. The van der Waals surface area contributed by atoms with E-state index in [4.69, 9.17) is 9.72 Å². The minimum absolute atomic E-state index is 0.436. The van der Waals surface area contributed by atoms with Crippen molar-refractivity contribution in [1.29, 1.82) is 0 Å². The maximum Gasteiger partial charge on any atom is 0.326 e. The van der Waals surface area contributed by atoms with Gasteiger partial charge < -0.3 is 25.4 Å². The number of nitrogens with one attached hydrogen (secondary N) is 2. The summed E-state index contributed by atoms with van der Waals surface area (Å²) in [5.74, 6) is 0.618. The van der Waals surface area contributed by atoms with Gasteiger partial charge in [0, 0.05) is 39.0 Å². The van der Waals surface area contributed by atoms with Crippen LogP contribution in [0.15, 0.2) is 24.7 Å². The molecule has 200 valence electrons. The van der Waals surface area contributed by atoms with Crippen molar-refractivity contribution in [2.24, 2.45) is 7.05 Å². The smallest absolute Gasteiger partial charge is 0.326 e. The van der Waals surface area contributed by atoms with E-state index >= 15 is 0 Å². The number of aryl methyl sites for hydroxylation is 3. The van der Waals surface area contributed by atoms with E-state index in [0.29, 0.717) is 43.0 Å². The van der Waals surface area contributed by atoms with Crippen LogP contribution in [-0.2, 0) is 29.4 Å². The van der Waals surface area contributed by atoms with Crippen LogP contribution in [0.25, 0.3) is 11.0 Å². The van der Waals surface area contributed by atoms with Crippen LogP contribution in [0.3, 0.4) is 0 Å². The molecule has 0 spiro atoms. The van der Waals surface area contributed by atoms with E-state index in [1.165, 1.54) is 11.9 Å². The molecule has 0 saturated carbocycles. The van der Waals surface area contributed by atoms with Gasteiger partial charge in [-0.3, -0.25) is 4.68 Å². The molecule has 1 aliphatic heterocycles. The number of aliphatic carboxylic acids is 1. The van der Waals surface area contributed by atoms with E-state index in [1.807, 2.05) is 6.92 Å². The van der Waals surface area contributed by atoms with Crippen LogP contribution in [0.4, 0.5) is 11.6 Å². The Bertz CT molecular complexity index is 1170. The van der Waals surface area contributed by atoms with Crippen molar-refractivity contribution < 1.29 is 14.6 Å². The number of pyridine rings is 1. The number of hydrogen-bond acceptors (Lipinski definition) is 9. The van der Waals surface area contributed by atoms with E-state index in [2.05, 4.69) is 42.7 Å². The number of carbonyl (C=O) groups is 1. The Morgan fingerprint density at radius 2 is 2.16 bits per heavy atom. The zero-order valence-corrected chi connectivity index (χ0v) is 21.8. The van der Waals surface area contributed by atoms with E-state index in [1.54, 1.807) is 17.9 Å². The maximum absolute atomic E-state index is 12.1. The summed E-state index contributed by atoms with van der Waals surface area (Å²) in [7, 11) is 1.79. The molecule has 4 heterocycles. The van der Waals surface area contributed by atoms with Gasteiger partial charge in [0.05, 0.1) is 18.2 Å². The zero-order valence-electron chi connectivity index (χ0n) is 21.8. The van der Waals surface area contributed by atoms with Crippen LogP contribution in [-0.4, -0.2) is 86.1 Å². The Balaban J connectivity index is 1.30. The first-order chi connectivity index (χ1) is 18.0. The number of carboxylic acid groups (broad SMARTS) is 1. The first-order valence-corrected chi connectivity index (χ1v) is 13.2. The van der Waals surface area contributed by atoms with Crippen LogP contribution in [0.5, 0.6) is 0 Å². The number of unbranched alkanes of at least 4 members (excludes halogenated alkanes) is 1. The maximum atomic E-state index is 12.1. The highest BCUT2D eigenvalue weighted by Gasteiger charge is 2.21. The molecule has 0 amide bonds. The number of carboxylic acids is 1. The molecule has 37 heavy (non-hydrogen) atoms. The van der Waals surface area contributed by atoms with Crippen LogP contribution in [0.1, 0.15) is 43.9 Å². The van der Waals surface area contributed by atoms with E-state index in [0.717, 1.165) is 63.3 Å². The van der Waals surface area contributed by atoms with Crippen LogP contribution < -0.4 is 10.6 Å². The number of fused-ring (bicyclic) bond motifs is 2. The average Bonchev–Trinajstić information content (AvgIpc) is 3.29. The highest BCUT2D eigenvalue weighted by Crippen LogP contribution is 2.21. The third-order valence-electron chi connectivity index (χ3n) is 6.74. The molecule has 1 aliphatic rings. The molecule has 0 aliphatic carbocycles. The molecule has 3 aromatic heterocycles. The summed E-state index contributed by atoms with van der Waals surface area (Å²) in [5, 5.41) is 21.3. The molecule has 11 nitrogen and oxygen atoms in total. The lowest BCUT2D eigenvalue weighted by atomic mass is 10.1. The minimum atomic E-state index is -0.910. The molecule has 1 atom stereocenters. The van der Waals surface area contributed by atoms with E-state index < -0.39 is 12.0 Å². The van der Waals surface area contributed by atoms with Gasteiger partial charge in [-0.1, -0.05) is 6.07 Å². The second kappa shape index (κ2) is 13.3. The summed E-state index contributed by atoms with van der Waals surface area (Å²) in [4.78, 5) is 27.6. The van der Waals surface area contributed by atoms with Crippen molar-refractivity contribution in [3.63, 3.8) is 0 Å². The average molecular weight is 511 g/mol. The monoisotopic (exact) mass is 510 g/mol. The van der Waals surface area contributed by atoms with Gasteiger partial charge in [-0.05, 0) is 63.6 Å². The quantitative estimate of drug-likeness (QED) is 0.262. The Hall–Kier alpha value is -3.31. The number of ether oxygens (including phenoxy) is 1.